The molecule has 0 saturated carbocycles. The van der Waals surface area contributed by atoms with E-state index in [-0.39, 0.29) is 0 Å². The van der Waals surface area contributed by atoms with E-state index in [1.165, 1.54) is 10.7 Å². The fraction of sp³-hybridized carbons (Fsp3) is 0.350. The van der Waals surface area contributed by atoms with Crippen molar-refractivity contribution in [3.05, 3.63) is 64.1 Å². The molecule has 1 atom stereocenters. The van der Waals surface area contributed by atoms with Crippen molar-refractivity contribution in [2.75, 3.05) is 23.7 Å². The monoisotopic (exact) mass is 417 g/mol. The highest BCUT2D eigenvalue weighted by molar-refractivity contribution is 9.10. The van der Waals surface area contributed by atoms with Gasteiger partial charge in [0.05, 0.1) is 6.54 Å². The van der Waals surface area contributed by atoms with Crippen LogP contribution >= 0.6 is 27.7 Å². The summed E-state index contributed by atoms with van der Waals surface area (Å²) >= 11 is 5.33. The highest BCUT2D eigenvalue weighted by atomic mass is 79.9. The number of aryl methyl sites for hydroxylation is 1. The lowest BCUT2D eigenvalue weighted by atomic mass is 10.0. The molecule has 5 heteroatoms. The Kier molecular flexibility index (Phi) is 4.65. The molecule has 0 fully saturated rings. The molecule has 2 aliphatic heterocycles. The molecule has 0 spiro atoms. The lowest BCUT2D eigenvalue weighted by molar-refractivity contribution is -0.656. The van der Waals surface area contributed by atoms with E-state index >= 15 is 0 Å². The molecule has 0 aliphatic carbocycles. The summed E-state index contributed by atoms with van der Waals surface area (Å²) in [5, 5.41) is 12.8. The van der Waals surface area contributed by atoms with Gasteiger partial charge >= 0.3 is 5.17 Å². The van der Waals surface area contributed by atoms with Crippen LogP contribution in [0.25, 0.3) is 0 Å². The van der Waals surface area contributed by atoms with Crippen molar-refractivity contribution < 1.29 is 9.68 Å². The Balaban J connectivity index is 1.75. The molecule has 0 amide bonds. The first kappa shape index (κ1) is 17.1. The van der Waals surface area contributed by atoms with Gasteiger partial charge in [0.2, 0.25) is 0 Å². The van der Waals surface area contributed by atoms with Crippen LogP contribution in [-0.4, -0.2) is 33.7 Å². The number of anilines is 1. The summed E-state index contributed by atoms with van der Waals surface area (Å²) in [6.45, 7) is 3.62. The molecule has 2 aromatic rings. The Bertz CT molecular complexity index is 803. The Morgan fingerprint density at radius 2 is 1.88 bits per heavy atom. The molecule has 130 valence electrons. The molecular weight excluding hydrogens is 396 g/mol. The Labute approximate surface area is 161 Å². The van der Waals surface area contributed by atoms with Crippen LogP contribution in [0, 0.1) is 0 Å². The zero-order chi connectivity index (χ0) is 17.4. The van der Waals surface area contributed by atoms with Crippen molar-refractivity contribution in [2.45, 2.75) is 25.5 Å². The summed E-state index contributed by atoms with van der Waals surface area (Å²) in [6.07, 6.45) is 2.14. The van der Waals surface area contributed by atoms with Crippen LogP contribution in [-0.2, 0) is 12.1 Å². The molecule has 0 aromatic heterocycles. The van der Waals surface area contributed by atoms with Crippen LogP contribution in [0.2, 0.25) is 0 Å². The Morgan fingerprint density at radius 1 is 1.16 bits per heavy atom. The van der Waals surface area contributed by atoms with Gasteiger partial charge < -0.3 is 5.11 Å². The number of hydrogen-bond donors (Lipinski definition) is 1. The molecule has 3 nitrogen and oxygen atoms in total. The van der Waals surface area contributed by atoms with Gasteiger partial charge in [-0.25, -0.2) is 9.48 Å². The van der Waals surface area contributed by atoms with Crippen molar-refractivity contribution in [1.82, 2.24) is 0 Å². The van der Waals surface area contributed by atoms with Crippen LogP contribution < -0.4 is 4.90 Å². The average Bonchev–Trinajstić information content (AvgIpc) is 2.97. The van der Waals surface area contributed by atoms with E-state index in [2.05, 4.69) is 56.6 Å². The van der Waals surface area contributed by atoms with Gasteiger partial charge in [-0.3, -0.25) is 0 Å². The molecule has 25 heavy (non-hydrogen) atoms. The van der Waals surface area contributed by atoms with Gasteiger partial charge in [0.15, 0.2) is 6.54 Å². The molecular formula is C20H22BrN2OS+. The van der Waals surface area contributed by atoms with Crippen LogP contribution in [0.1, 0.15) is 24.5 Å². The van der Waals surface area contributed by atoms with Crippen molar-refractivity contribution >= 4 is 38.5 Å². The van der Waals surface area contributed by atoms with Gasteiger partial charge in [-0.15, -0.1) is 0 Å². The summed E-state index contributed by atoms with van der Waals surface area (Å²) < 4.78 is 3.21. The maximum Gasteiger partial charge on any atom is 0.316 e. The van der Waals surface area contributed by atoms with E-state index < -0.39 is 5.72 Å². The van der Waals surface area contributed by atoms with Gasteiger partial charge in [0.25, 0.3) is 5.72 Å². The second kappa shape index (κ2) is 6.78. The molecule has 2 heterocycles. The Hall–Kier alpha value is -1.30. The molecule has 2 aliphatic rings. The van der Waals surface area contributed by atoms with E-state index in [0.29, 0.717) is 6.54 Å². The number of aliphatic hydroxyl groups is 1. The Morgan fingerprint density at radius 3 is 2.56 bits per heavy atom. The summed E-state index contributed by atoms with van der Waals surface area (Å²) in [6, 6.07) is 16.8. The maximum absolute atomic E-state index is 11.6. The van der Waals surface area contributed by atoms with Crippen LogP contribution in [0.15, 0.2) is 53.0 Å². The van der Waals surface area contributed by atoms with E-state index in [1.807, 2.05) is 36.0 Å². The van der Waals surface area contributed by atoms with E-state index in [1.54, 1.807) is 0 Å². The minimum Gasteiger partial charge on any atom is -0.346 e. The third-order valence-electron chi connectivity index (χ3n) is 5.01. The normalized spacial score (nSPS) is 23.1. The van der Waals surface area contributed by atoms with E-state index in [9.17, 15) is 5.11 Å². The molecule has 1 N–H and O–H groups in total. The number of hydrogen-bond acceptors (Lipinski definition) is 3. The lowest BCUT2D eigenvalue weighted by Gasteiger charge is -2.24. The average molecular weight is 418 g/mol. The van der Waals surface area contributed by atoms with Crippen molar-refractivity contribution in [3.8, 4) is 0 Å². The molecule has 0 radical (unpaired) electrons. The molecule has 2 aromatic carbocycles. The number of β-amino-alcohol motifs (C(OH)–C–C–N with tert-alkyl or cyclic N) is 1. The van der Waals surface area contributed by atoms with Crippen LogP contribution in [0.3, 0.4) is 0 Å². The SMILES string of the molecule is CCc1ccc(N2C[C@@](O)(c3ccc(Br)cc3)[N+]3=C2SCCC3)cc1. The standard InChI is InChI=1S/C20H22BrN2OS/c1-2-15-4-10-18(11-5-15)22-14-20(24,16-6-8-17(21)9-7-16)23-12-3-13-25-19(22)23/h4-11,24H,2-3,12-14H2,1H3/q+1/t20-/m1/s1. The van der Waals surface area contributed by atoms with Crippen molar-refractivity contribution in [2.24, 2.45) is 0 Å². The predicted octanol–water partition coefficient (Wildman–Crippen LogP) is 4.18. The summed E-state index contributed by atoms with van der Waals surface area (Å²) in [7, 11) is 0. The smallest absolute Gasteiger partial charge is 0.316 e. The minimum absolute atomic E-state index is 0.558. The van der Waals surface area contributed by atoms with Gasteiger partial charge in [0.1, 0.15) is 5.69 Å². The molecule has 0 bridgehead atoms. The van der Waals surface area contributed by atoms with Crippen LogP contribution in [0.4, 0.5) is 5.69 Å². The predicted molar refractivity (Wildman–Crippen MR) is 108 cm³/mol. The van der Waals surface area contributed by atoms with Crippen molar-refractivity contribution in [1.29, 1.82) is 0 Å². The second-order valence-corrected chi connectivity index (χ2v) is 8.54. The maximum atomic E-state index is 11.6. The number of benzene rings is 2. The molecule has 4 rings (SSSR count). The number of rotatable bonds is 3. The largest absolute Gasteiger partial charge is 0.346 e. The van der Waals surface area contributed by atoms with E-state index in [0.717, 1.165) is 40.9 Å². The summed E-state index contributed by atoms with van der Waals surface area (Å²) in [5.41, 5.74) is 2.46. The van der Waals surface area contributed by atoms with Crippen LogP contribution in [0.5, 0.6) is 0 Å². The molecule has 0 unspecified atom stereocenters. The van der Waals surface area contributed by atoms with Gasteiger partial charge in [-0.1, -0.05) is 47.1 Å². The fourth-order valence-electron chi connectivity index (χ4n) is 3.58. The third-order valence-corrected chi connectivity index (χ3v) is 6.73. The molecule has 0 saturated heterocycles. The minimum atomic E-state index is -0.979. The zero-order valence-electron chi connectivity index (χ0n) is 14.3. The van der Waals surface area contributed by atoms with Gasteiger partial charge in [-0.05, 0) is 54.4 Å². The lowest BCUT2D eigenvalue weighted by Crippen LogP contribution is -2.41. The number of thioether (sulfide) groups is 1. The fourth-order valence-corrected chi connectivity index (χ4v) is 5.02. The summed E-state index contributed by atoms with van der Waals surface area (Å²) in [5.74, 6) is 1.10. The first-order valence-electron chi connectivity index (χ1n) is 8.74. The third kappa shape index (κ3) is 3.03. The zero-order valence-corrected chi connectivity index (χ0v) is 16.7. The first-order valence-corrected chi connectivity index (χ1v) is 10.5. The van der Waals surface area contributed by atoms with Crippen molar-refractivity contribution in [3.63, 3.8) is 0 Å². The van der Waals surface area contributed by atoms with Gasteiger partial charge in [0, 0.05) is 15.8 Å². The quantitative estimate of drug-likeness (QED) is 0.758. The number of halogens is 1. The first-order chi connectivity index (χ1) is 12.1. The number of nitrogens with zero attached hydrogens (tertiary/aromatic N) is 2. The van der Waals surface area contributed by atoms with Gasteiger partial charge in [-0.2, -0.15) is 0 Å². The topological polar surface area (TPSA) is 26.5 Å². The number of amidine groups is 1. The second-order valence-electron chi connectivity index (χ2n) is 6.57. The highest BCUT2D eigenvalue weighted by Crippen LogP contribution is 2.37. The highest BCUT2D eigenvalue weighted by Gasteiger charge is 2.53. The van der Waals surface area contributed by atoms with E-state index in [4.69, 9.17) is 0 Å². The summed E-state index contributed by atoms with van der Waals surface area (Å²) in [4.78, 5) is 2.27.